The van der Waals surface area contributed by atoms with E-state index >= 15 is 0 Å². The van der Waals surface area contributed by atoms with Crippen molar-refractivity contribution in [1.82, 2.24) is 0 Å². The molecule has 1 rings (SSSR count). The highest BCUT2D eigenvalue weighted by atomic mass is 35.5. The maximum Gasteiger partial charge on any atom is 0.341 e. The number of phenolic OH excluding ortho intramolecular Hbond substituents is 2. The Balaban J connectivity index is 3.49. The topological polar surface area (TPSA) is 66.8 Å². The molecule has 0 aliphatic carbocycles. The van der Waals surface area contributed by atoms with Gasteiger partial charge in [0.2, 0.25) is 0 Å². The fourth-order valence-corrected chi connectivity index (χ4v) is 1.63. The number of methoxy groups -OCH3 is 1. The van der Waals surface area contributed by atoms with Crippen LogP contribution in [0.2, 0.25) is 5.02 Å². The predicted molar refractivity (Wildman–Crippen MR) is 55.5 cm³/mol. The Hall–Kier alpha value is -1.42. The highest BCUT2D eigenvalue weighted by molar-refractivity contribution is 6.33. The van der Waals surface area contributed by atoms with E-state index in [1.54, 1.807) is 6.92 Å². The molecule has 0 radical (unpaired) electrons. The van der Waals surface area contributed by atoms with E-state index in [9.17, 15) is 15.0 Å². The number of carbonyl (C=O) groups excluding carboxylic acids is 1. The normalized spacial score (nSPS) is 10.1. The van der Waals surface area contributed by atoms with E-state index in [4.69, 9.17) is 11.6 Å². The first-order valence-electron chi connectivity index (χ1n) is 4.34. The molecule has 1 aromatic carbocycles. The monoisotopic (exact) mass is 230 g/mol. The number of hydrogen-bond donors (Lipinski definition) is 2. The minimum atomic E-state index is -0.675. The average molecular weight is 231 g/mol. The zero-order valence-corrected chi connectivity index (χ0v) is 9.13. The third-order valence-corrected chi connectivity index (χ3v) is 2.49. The number of rotatable bonds is 2. The SMILES string of the molecule is CCc1c(Cl)c(O)cc(O)c1C(=O)OC. The van der Waals surface area contributed by atoms with Crippen LogP contribution in [0.25, 0.3) is 0 Å². The molecule has 0 fully saturated rings. The molecule has 15 heavy (non-hydrogen) atoms. The van der Waals surface area contributed by atoms with Crippen molar-refractivity contribution in [2.75, 3.05) is 7.11 Å². The van der Waals surface area contributed by atoms with Crippen molar-refractivity contribution in [3.05, 3.63) is 22.2 Å². The summed E-state index contributed by atoms with van der Waals surface area (Å²) in [7, 11) is 1.21. The van der Waals surface area contributed by atoms with Gasteiger partial charge in [-0.1, -0.05) is 18.5 Å². The number of benzene rings is 1. The third kappa shape index (κ3) is 1.99. The number of aromatic hydroxyl groups is 2. The van der Waals surface area contributed by atoms with E-state index in [1.165, 1.54) is 7.11 Å². The first-order chi connectivity index (χ1) is 7.02. The van der Waals surface area contributed by atoms with Crippen molar-refractivity contribution >= 4 is 17.6 Å². The number of halogens is 1. The third-order valence-electron chi connectivity index (χ3n) is 2.06. The smallest absolute Gasteiger partial charge is 0.341 e. The van der Waals surface area contributed by atoms with Gasteiger partial charge >= 0.3 is 5.97 Å². The lowest BCUT2D eigenvalue weighted by Gasteiger charge is -2.11. The zero-order chi connectivity index (χ0) is 11.6. The Morgan fingerprint density at radius 1 is 1.47 bits per heavy atom. The minimum absolute atomic E-state index is 0.00259. The molecule has 0 unspecified atom stereocenters. The van der Waals surface area contributed by atoms with Gasteiger partial charge in [-0.25, -0.2) is 4.79 Å². The number of hydrogen-bond acceptors (Lipinski definition) is 4. The summed E-state index contributed by atoms with van der Waals surface area (Å²) in [6, 6.07) is 1.02. The van der Waals surface area contributed by atoms with E-state index in [0.717, 1.165) is 6.07 Å². The summed E-state index contributed by atoms with van der Waals surface area (Å²) in [5.74, 6) is -1.26. The Bertz CT molecular complexity index is 401. The van der Waals surface area contributed by atoms with Crippen molar-refractivity contribution in [3.63, 3.8) is 0 Å². The largest absolute Gasteiger partial charge is 0.507 e. The maximum absolute atomic E-state index is 11.4. The molecule has 0 saturated carbocycles. The van der Waals surface area contributed by atoms with Gasteiger partial charge in [-0.3, -0.25) is 0 Å². The Labute approximate surface area is 92.1 Å². The van der Waals surface area contributed by atoms with Crippen LogP contribution in [0.4, 0.5) is 0 Å². The molecule has 0 aliphatic rings. The molecule has 0 atom stereocenters. The molecular formula is C10H11ClO4. The van der Waals surface area contributed by atoms with E-state index in [2.05, 4.69) is 4.74 Å². The fraction of sp³-hybridized carbons (Fsp3) is 0.300. The van der Waals surface area contributed by atoms with Crippen LogP contribution in [0.15, 0.2) is 6.07 Å². The van der Waals surface area contributed by atoms with Crippen molar-refractivity contribution in [1.29, 1.82) is 0 Å². The van der Waals surface area contributed by atoms with E-state index < -0.39 is 5.97 Å². The van der Waals surface area contributed by atoms with Gasteiger partial charge in [-0.15, -0.1) is 0 Å². The Kier molecular flexibility index (Phi) is 3.42. The highest BCUT2D eigenvalue weighted by Crippen LogP contribution is 2.36. The standard InChI is InChI=1S/C10H11ClO4/c1-3-5-8(10(14)15-2)6(12)4-7(13)9(5)11/h4,12-13H,3H2,1-2H3. The van der Waals surface area contributed by atoms with Crippen molar-refractivity contribution in [2.45, 2.75) is 13.3 Å². The summed E-state index contributed by atoms with van der Waals surface area (Å²) in [4.78, 5) is 11.4. The van der Waals surface area contributed by atoms with Crippen molar-refractivity contribution in [2.24, 2.45) is 0 Å². The van der Waals surface area contributed by atoms with Crippen LogP contribution < -0.4 is 0 Å². The van der Waals surface area contributed by atoms with Gasteiger partial charge in [-0.05, 0) is 12.0 Å². The second-order valence-electron chi connectivity index (χ2n) is 2.93. The zero-order valence-electron chi connectivity index (χ0n) is 8.37. The lowest BCUT2D eigenvalue weighted by molar-refractivity contribution is 0.0596. The Morgan fingerprint density at radius 3 is 2.53 bits per heavy atom. The summed E-state index contributed by atoms with van der Waals surface area (Å²) in [6.07, 6.45) is 0.408. The molecule has 0 heterocycles. The lowest BCUT2D eigenvalue weighted by atomic mass is 10.0. The molecule has 0 aromatic heterocycles. The maximum atomic E-state index is 11.4. The number of ether oxygens (including phenoxy) is 1. The van der Waals surface area contributed by atoms with Gasteiger partial charge in [-0.2, -0.15) is 0 Å². The summed E-state index contributed by atoms with van der Waals surface area (Å²) < 4.78 is 4.52. The van der Waals surface area contributed by atoms with Gasteiger partial charge in [0.05, 0.1) is 12.1 Å². The molecule has 0 saturated heterocycles. The van der Waals surface area contributed by atoms with Crippen LogP contribution in [0.1, 0.15) is 22.8 Å². The number of esters is 1. The first kappa shape index (κ1) is 11.7. The molecule has 1 aromatic rings. The fourth-order valence-electron chi connectivity index (χ4n) is 1.35. The van der Waals surface area contributed by atoms with Gasteiger partial charge in [0.1, 0.15) is 17.1 Å². The molecular weight excluding hydrogens is 220 g/mol. The summed E-state index contributed by atoms with van der Waals surface area (Å²) in [5, 5.41) is 18.9. The van der Waals surface area contributed by atoms with E-state index in [-0.39, 0.29) is 22.1 Å². The van der Waals surface area contributed by atoms with Crippen LogP contribution in [-0.2, 0) is 11.2 Å². The predicted octanol–water partition coefficient (Wildman–Crippen LogP) is 2.10. The number of phenols is 2. The quantitative estimate of drug-likeness (QED) is 0.764. The van der Waals surface area contributed by atoms with Crippen LogP contribution >= 0.6 is 11.6 Å². The second kappa shape index (κ2) is 4.40. The van der Waals surface area contributed by atoms with Gasteiger partial charge in [0.15, 0.2) is 0 Å². The van der Waals surface area contributed by atoms with Crippen LogP contribution in [-0.4, -0.2) is 23.3 Å². The lowest BCUT2D eigenvalue weighted by Crippen LogP contribution is -2.06. The van der Waals surface area contributed by atoms with Gasteiger partial charge in [0.25, 0.3) is 0 Å². The van der Waals surface area contributed by atoms with E-state index in [1.807, 2.05) is 0 Å². The first-order valence-corrected chi connectivity index (χ1v) is 4.72. The molecule has 0 spiro atoms. The van der Waals surface area contributed by atoms with Crippen LogP contribution in [0.3, 0.4) is 0 Å². The van der Waals surface area contributed by atoms with Gasteiger partial charge in [0, 0.05) is 6.07 Å². The molecule has 2 N–H and O–H groups in total. The molecule has 5 heteroatoms. The highest BCUT2D eigenvalue weighted by Gasteiger charge is 2.21. The average Bonchev–Trinajstić information content (AvgIpc) is 2.21. The Morgan fingerprint density at radius 2 is 2.07 bits per heavy atom. The molecule has 82 valence electrons. The molecule has 0 bridgehead atoms. The molecule has 0 amide bonds. The number of carbonyl (C=O) groups is 1. The summed E-state index contributed by atoms with van der Waals surface area (Å²) in [5.41, 5.74) is 0.379. The van der Waals surface area contributed by atoms with Gasteiger partial charge < -0.3 is 14.9 Å². The molecule has 0 aliphatic heterocycles. The van der Waals surface area contributed by atoms with E-state index in [0.29, 0.717) is 12.0 Å². The van der Waals surface area contributed by atoms with Crippen molar-refractivity contribution < 1.29 is 19.7 Å². The van der Waals surface area contributed by atoms with Crippen LogP contribution in [0, 0.1) is 0 Å². The molecule has 4 nitrogen and oxygen atoms in total. The van der Waals surface area contributed by atoms with Crippen molar-refractivity contribution in [3.8, 4) is 11.5 Å². The minimum Gasteiger partial charge on any atom is -0.507 e. The van der Waals surface area contributed by atoms with Crippen LogP contribution in [0.5, 0.6) is 11.5 Å². The summed E-state index contributed by atoms with van der Waals surface area (Å²) in [6.45, 7) is 1.76. The second-order valence-corrected chi connectivity index (χ2v) is 3.31. The summed E-state index contributed by atoms with van der Waals surface area (Å²) >= 11 is 5.80.